The summed E-state index contributed by atoms with van der Waals surface area (Å²) in [7, 11) is 0. The van der Waals surface area contributed by atoms with Crippen molar-refractivity contribution in [2.75, 3.05) is 0 Å². The second kappa shape index (κ2) is 9.74. The molecule has 0 heteroatoms. The summed E-state index contributed by atoms with van der Waals surface area (Å²) >= 11 is 0. The maximum Gasteiger partial charge on any atom is 0.0330 e. The van der Waals surface area contributed by atoms with Crippen LogP contribution in [0.15, 0.2) is 97.1 Å². The van der Waals surface area contributed by atoms with Crippen molar-refractivity contribution in [3.8, 4) is 23.7 Å². The second-order valence-corrected chi connectivity index (χ2v) is 10.6. The van der Waals surface area contributed by atoms with Crippen LogP contribution in [0, 0.1) is 23.7 Å². The fourth-order valence-corrected chi connectivity index (χ4v) is 5.53. The van der Waals surface area contributed by atoms with Gasteiger partial charge >= 0.3 is 0 Å². The summed E-state index contributed by atoms with van der Waals surface area (Å²) in [6, 6.07) is 34.3. The highest BCUT2D eigenvalue weighted by molar-refractivity contribution is 6.26. The first-order valence-electron chi connectivity index (χ1n) is 13.4. The van der Waals surface area contributed by atoms with Gasteiger partial charge in [-0.05, 0) is 91.7 Å². The van der Waals surface area contributed by atoms with Gasteiger partial charge in [-0.1, -0.05) is 112 Å². The zero-order valence-corrected chi connectivity index (χ0v) is 22.4. The Kier molecular flexibility index (Phi) is 6.12. The van der Waals surface area contributed by atoms with Crippen LogP contribution in [0.1, 0.15) is 72.9 Å². The Morgan fingerprint density at radius 3 is 1.16 bits per heavy atom. The first-order chi connectivity index (χ1) is 18.5. The van der Waals surface area contributed by atoms with Crippen LogP contribution in [-0.4, -0.2) is 0 Å². The van der Waals surface area contributed by atoms with E-state index >= 15 is 0 Å². The first kappa shape index (κ1) is 23.9. The van der Waals surface area contributed by atoms with E-state index in [4.69, 9.17) is 0 Å². The molecule has 0 nitrogen and oxygen atoms in total. The van der Waals surface area contributed by atoms with E-state index in [2.05, 4.69) is 112 Å². The van der Waals surface area contributed by atoms with Crippen LogP contribution in [0.5, 0.6) is 0 Å². The van der Waals surface area contributed by atoms with E-state index in [1.165, 1.54) is 43.4 Å². The molecule has 0 radical (unpaired) electrons. The largest absolute Gasteiger partial charge is 0.0622 e. The molecule has 0 unspecified atom stereocenters. The van der Waals surface area contributed by atoms with Crippen LogP contribution in [0.4, 0.5) is 0 Å². The molecular formula is C38H30. The lowest BCUT2D eigenvalue weighted by Gasteiger charge is -2.20. The van der Waals surface area contributed by atoms with Crippen molar-refractivity contribution in [3.63, 3.8) is 0 Å². The van der Waals surface area contributed by atoms with Gasteiger partial charge < -0.3 is 0 Å². The van der Waals surface area contributed by atoms with Crippen molar-refractivity contribution in [1.29, 1.82) is 0 Å². The Balaban J connectivity index is 1.70. The molecule has 0 N–H and O–H groups in total. The molecule has 0 saturated heterocycles. The van der Waals surface area contributed by atoms with Gasteiger partial charge in [0.2, 0.25) is 0 Å². The molecule has 0 fully saturated rings. The highest BCUT2D eigenvalue weighted by Gasteiger charge is 2.19. The number of rotatable bonds is 2. The highest BCUT2D eigenvalue weighted by atomic mass is 14.2. The fourth-order valence-electron chi connectivity index (χ4n) is 5.53. The third kappa shape index (κ3) is 4.20. The molecule has 0 aliphatic carbocycles. The molecular weight excluding hydrogens is 456 g/mol. The monoisotopic (exact) mass is 486 g/mol. The molecule has 0 aromatic heterocycles. The quantitative estimate of drug-likeness (QED) is 0.169. The average molecular weight is 487 g/mol. The highest BCUT2D eigenvalue weighted by Crippen LogP contribution is 2.42. The standard InChI is InChI=1S/C38H30/c1-25(2)35-23-29(17-15-27-11-7-5-8-12-27)31-19-20-32-30(18-16-28-13-9-6-10-14-28)24-36(26(3)4)34-22-21-33(35)37(31)38(32)34/h5-14,19-26H,1-4H3. The molecule has 0 aliphatic rings. The van der Waals surface area contributed by atoms with E-state index in [1.807, 2.05) is 36.4 Å². The Morgan fingerprint density at radius 2 is 0.789 bits per heavy atom. The van der Waals surface area contributed by atoms with Crippen LogP contribution in [0.3, 0.4) is 0 Å². The second-order valence-electron chi connectivity index (χ2n) is 10.6. The van der Waals surface area contributed by atoms with Crippen LogP contribution < -0.4 is 0 Å². The molecule has 0 amide bonds. The van der Waals surface area contributed by atoms with Gasteiger partial charge in [-0.25, -0.2) is 0 Å². The molecule has 0 saturated carbocycles. The van der Waals surface area contributed by atoms with Crippen LogP contribution >= 0.6 is 0 Å². The number of benzene rings is 6. The Bertz CT molecular complexity index is 1760. The van der Waals surface area contributed by atoms with Gasteiger partial charge in [-0.15, -0.1) is 0 Å². The fraction of sp³-hybridized carbons (Fsp3) is 0.158. The molecule has 6 rings (SSSR count). The molecule has 38 heavy (non-hydrogen) atoms. The molecule has 0 atom stereocenters. The Labute approximate surface area is 225 Å². The summed E-state index contributed by atoms with van der Waals surface area (Å²) in [5, 5.41) is 7.70. The summed E-state index contributed by atoms with van der Waals surface area (Å²) in [5.74, 6) is 14.7. The van der Waals surface area contributed by atoms with Crippen molar-refractivity contribution < 1.29 is 0 Å². The summed E-state index contributed by atoms with van der Waals surface area (Å²) in [4.78, 5) is 0. The number of hydrogen-bond donors (Lipinski definition) is 0. The maximum absolute atomic E-state index is 3.53. The van der Waals surface area contributed by atoms with Crippen molar-refractivity contribution >= 4 is 32.3 Å². The molecule has 0 heterocycles. The minimum Gasteiger partial charge on any atom is -0.0622 e. The van der Waals surface area contributed by atoms with E-state index in [-0.39, 0.29) is 0 Å². The Hall–Kier alpha value is -4.52. The van der Waals surface area contributed by atoms with Crippen LogP contribution in [0.2, 0.25) is 0 Å². The van der Waals surface area contributed by atoms with Gasteiger partial charge in [0.15, 0.2) is 0 Å². The predicted octanol–water partition coefficient (Wildman–Crippen LogP) is 9.63. The zero-order valence-electron chi connectivity index (χ0n) is 22.4. The maximum atomic E-state index is 3.53. The minimum absolute atomic E-state index is 0.388. The summed E-state index contributed by atoms with van der Waals surface area (Å²) < 4.78 is 0. The lowest BCUT2D eigenvalue weighted by Crippen LogP contribution is -1.99. The van der Waals surface area contributed by atoms with E-state index in [9.17, 15) is 0 Å². The SMILES string of the molecule is CC(C)c1cc(C#Cc2ccccc2)c2ccc3c(C#Cc4ccccc4)cc(C(C)C)c4ccc1c2c34. The third-order valence-electron chi connectivity index (χ3n) is 7.44. The average Bonchev–Trinajstić information content (AvgIpc) is 2.94. The summed E-state index contributed by atoms with van der Waals surface area (Å²) in [5.41, 5.74) is 6.93. The molecule has 0 spiro atoms. The van der Waals surface area contributed by atoms with Crippen LogP contribution in [0.25, 0.3) is 32.3 Å². The smallest absolute Gasteiger partial charge is 0.0330 e. The van der Waals surface area contributed by atoms with Gasteiger partial charge in [-0.3, -0.25) is 0 Å². The summed E-state index contributed by atoms with van der Waals surface area (Å²) in [6.07, 6.45) is 0. The molecule has 6 aromatic rings. The van der Waals surface area contributed by atoms with Gasteiger partial charge in [-0.2, -0.15) is 0 Å². The molecule has 182 valence electrons. The molecule has 0 bridgehead atoms. The minimum atomic E-state index is 0.388. The zero-order chi connectivity index (χ0) is 26.2. The van der Waals surface area contributed by atoms with Gasteiger partial charge in [0.1, 0.15) is 0 Å². The Morgan fingerprint density at radius 1 is 0.421 bits per heavy atom. The normalized spacial score (nSPS) is 11.2. The molecule has 6 aromatic carbocycles. The lowest BCUT2D eigenvalue weighted by atomic mass is 9.82. The van der Waals surface area contributed by atoms with E-state index < -0.39 is 0 Å². The van der Waals surface area contributed by atoms with E-state index in [0.717, 1.165) is 22.3 Å². The molecule has 0 aliphatic heterocycles. The topological polar surface area (TPSA) is 0 Å². The third-order valence-corrected chi connectivity index (χ3v) is 7.44. The van der Waals surface area contributed by atoms with Crippen molar-refractivity contribution in [2.24, 2.45) is 0 Å². The van der Waals surface area contributed by atoms with Crippen LogP contribution in [-0.2, 0) is 0 Å². The van der Waals surface area contributed by atoms with Gasteiger partial charge in [0.05, 0.1) is 0 Å². The van der Waals surface area contributed by atoms with Crippen molar-refractivity contribution in [2.45, 2.75) is 39.5 Å². The van der Waals surface area contributed by atoms with E-state index in [1.54, 1.807) is 0 Å². The van der Waals surface area contributed by atoms with Crippen molar-refractivity contribution in [1.82, 2.24) is 0 Å². The van der Waals surface area contributed by atoms with Gasteiger partial charge in [0.25, 0.3) is 0 Å². The lowest BCUT2D eigenvalue weighted by molar-refractivity contribution is 0.875. The van der Waals surface area contributed by atoms with Gasteiger partial charge in [0, 0.05) is 22.3 Å². The number of hydrogen-bond acceptors (Lipinski definition) is 0. The van der Waals surface area contributed by atoms with E-state index in [0.29, 0.717) is 11.8 Å². The van der Waals surface area contributed by atoms with Crippen molar-refractivity contribution in [3.05, 3.63) is 130 Å². The predicted molar refractivity (Wildman–Crippen MR) is 163 cm³/mol. The summed E-state index contributed by atoms with van der Waals surface area (Å²) in [6.45, 7) is 9.10. The first-order valence-corrected chi connectivity index (χ1v) is 13.4.